The molecule has 4 atom stereocenters. The van der Waals surface area contributed by atoms with Crippen molar-refractivity contribution >= 4 is 35.1 Å². The van der Waals surface area contributed by atoms with Gasteiger partial charge in [0.05, 0.1) is 29.0 Å². The van der Waals surface area contributed by atoms with Gasteiger partial charge in [0.1, 0.15) is 19.0 Å². The molecule has 3 heterocycles. The van der Waals surface area contributed by atoms with E-state index in [0.717, 1.165) is 35.0 Å². The summed E-state index contributed by atoms with van der Waals surface area (Å²) in [6, 6.07) is 2.22. The number of aromatic nitrogens is 5. The molecular formula is C35H38ClF4N9O3. The van der Waals surface area contributed by atoms with Crippen molar-refractivity contribution in [2.45, 2.75) is 88.9 Å². The lowest BCUT2D eigenvalue weighted by molar-refractivity contribution is -0.136. The van der Waals surface area contributed by atoms with Crippen LogP contribution in [0.4, 0.5) is 22.4 Å². The van der Waals surface area contributed by atoms with Crippen LogP contribution in [0.5, 0.6) is 0 Å². The first-order chi connectivity index (χ1) is 24.6. The lowest BCUT2D eigenvalue weighted by Crippen LogP contribution is -2.51. The second kappa shape index (κ2) is 13.0. The van der Waals surface area contributed by atoms with Crippen LogP contribution in [0.2, 0.25) is 5.02 Å². The molecule has 3 aliphatic carbocycles. The monoisotopic (exact) mass is 743 g/mol. The number of carbonyl (C=O) groups excluding carboxylic acids is 2. The quantitative estimate of drug-likeness (QED) is 0.212. The lowest BCUT2D eigenvalue weighted by atomic mass is 9.70. The third-order valence-corrected chi connectivity index (χ3v) is 9.99. The van der Waals surface area contributed by atoms with Gasteiger partial charge in [0.2, 0.25) is 0 Å². The minimum absolute atomic E-state index is 0.0139. The number of nitrogens with two attached hydrogens (primary N) is 1. The zero-order valence-corrected chi connectivity index (χ0v) is 29.4. The molecule has 12 nitrogen and oxygen atoms in total. The molecule has 2 aromatic heterocycles. The fourth-order valence-electron chi connectivity index (χ4n) is 6.94. The zero-order valence-electron chi connectivity index (χ0n) is 28.6. The average molecular weight is 744 g/mol. The summed E-state index contributed by atoms with van der Waals surface area (Å²) in [5.74, 6) is -4.76. The van der Waals surface area contributed by atoms with Gasteiger partial charge >= 0.3 is 6.09 Å². The number of nitrogens with one attached hydrogen (secondary N) is 1. The molecule has 0 saturated heterocycles. The summed E-state index contributed by atoms with van der Waals surface area (Å²) in [5, 5.41) is 10.6. The maximum atomic E-state index is 15.0. The van der Waals surface area contributed by atoms with Crippen molar-refractivity contribution in [3.05, 3.63) is 77.1 Å². The highest BCUT2D eigenvalue weighted by Gasteiger charge is 2.58. The number of alkyl halides is 4. The molecule has 52 heavy (non-hydrogen) atoms. The molecule has 2 unspecified atom stereocenters. The number of alkyl carbamates (subject to hydrolysis) is 1. The number of halogens is 5. The molecule has 17 heteroatoms. The topological polar surface area (TPSA) is 146 Å². The molecule has 1 aromatic carbocycles. The number of allylic oxidation sites excluding steroid dienone is 3. The second-order valence-corrected chi connectivity index (χ2v) is 15.3. The smallest absolute Gasteiger partial charge is 0.407 e. The maximum Gasteiger partial charge on any atom is 0.407 e. The Morgan fingerprint density at radius 1 is 1.21 bits per heavy atom. The van der Waals surface area contributed by atoms with E-state index in [-0.39, 0.29) is 22.2 Å². The molecule has 0 spiro atoms. The highest BCUT2D eigenvalue weighted by Crippen LogP contribution is 2.47. The minimum atomic E-state index is -3.04. The van der Waals surface area contributed by atoms with Crippen LogP contribution in [-0.4, -0.2) is 71.5 Å². The first-order valence-electron chi connectivity index (χ1n) is 17.0. The van der Waals surface area contributed by atoms with Crippen LogP contribution in [0.1, 0.15) is 88.3 Å². The lowest BCUT2D eigenvalue weighted by Gasteiger charge is -2.38. The number of rotatable bonds is 11. The van der Waals surface area contributed by atoms with E-state index in [4.69, 9.17) is 27.1 Å². The van der Waals surface area contributed by atoms with Gasteiger partial charge in [-0.05, 0) is 54.4 Å². The van der Waals surface area contributed by atoms with Gasteiger partial charge in [-0.1, -0.05) is 56.7 Å². The fourth-order valence-corrected chi connectivity index (χ4v) is 7.14. The highest BCUT2D eigenvalue weighted by molar-refractivity contribution is 6.32. The summed E-state index contributed by atoms with van der Waals surface area (Å²) in [6.45, 7) is 5.41. The Bertz CT molecular complexity index is 1980. The molecule has 7 rings (SSSR count). The summed E-state index contributed by atoms with van der Waals surface area (Å²) in [4.78, 5) is 37.4. The predicted molar refractivity (Wildman–Crippen MR) is 183 cm³/mol. The van der Waals surface area contributed by atoms with Crippen LogP contribution in [0.25, 0.3) is 11.3 Å². The Balaban J connectivity index is 1.22. The number of guanidine groups is 1. The van der Waals surface area contributed by atoms with E-state index in [0.29, 0.717) is 18.9 Å². The summed E-state index contributed by atoms with van der Waals surface area (Å²) >= 11 is 6.45. The van der Waals surface area contributed by atoms with Gasteiger partial charge < -0.3 is 15.8 Å². The number of amides is 2. The number of carbonyl (C=O) groups is 2. The van der Waals surface area contributed by atoms with Gasteiger partial charge in [-0.25, -0.2) is 37.0 Å². The van der Waals surface area contributed by atoms with Crippen molar-refractivity contribution in [2.75, 3.05) is 6.61 Å². The number of hydrogen-bond donors (Lipinski definition) is 2. The Morgan fingerprint density at radius 2 is 1.96 bits per heavy atom. The van der Waals surface area contributed by atoms with E-state index in [1.165, 1.54) is 23.1 Å². The van der Waals surface area contributed by atoms with Crippen molar-refractivity contribution in [2.24, 2.45) is 22.1 Å². The first kappa shape index (κ1) is 35.7. The van der Waals surface area contributed by atoms with Crippen LogP contribution >= 0.6 is 11.6 Å². The Labute approximate surface area is 301 Å². The van der Waals surface area contributed by atoms with Gasteiger partial charge in [-0.15, -0.1) is 0 Å². The zero-order chi connectivity index (χ0) is 37.2. The summed E-state index contributed by atoms with van der Waals surface area (Å²) in [6.07, 6.45) is 9.09. The van der Waals surface area contributed by atoms with Crippen LogP contribution in [0, 0.1) is 11.3 Å². The van der Waals surface area contributed by atoms with E-state index < -0.39 is 72.2 Å². The first-order valence-corrected chi connectivity index (χ1v) is 17.3. The fraction of sp³-hybridized carbons (Fsp3) is 0.486. The molecule has 2 fully saturated rings. The molecule has 0 radical (unpaired) electrons. The highest BCUT2D eigenvalue weighted by atomic mass is 35.5. The molecule has 0 bridgehead atoms. The van der Waals surface area contributed by atoms with E-state index in [1.807, 2.05) is 56.1 Å². The van der Waals surface area contributed by atoms with Crippen LogP contribution < -0.4 is 11.1 Å². The van der Waals surface area contributed by atoms with E-state index >= 15 is 0 Å². The van der Waals surface area contributed by atoms with E-state index in [1.54, 1.807) is 0 Å². The number of ether oxygens (including phenoxy) is 1. The van der Waals surface area contributed by atoms with Crippen molar-refractivity contribution in [3.63, 3.8) is 0 Å². The van der Waals surface area contributed by atoms with Crippen molar-refractivity contribution < 1.29 is 31.9 Å². The molecule has 2 amide bonds. The molecule has 1 aliphatic heterocycles. The number of hydrogen-bond acceptors (Lipinski definition) is 8. The predicted octanol–water partition coefficient (Wildman–Crippen LogP) is 6.56. The van der Waals surface area contributed by atoms with Crippen LogP contribution in [-0.2, 0) is 9.53 Å². The minimum Gasteiger partial charge on any atom is -0.447 e. The Morgan fingerprint density at radius 3 is 2.60 bits per heavy atom. The van der Waals surface area contributed by atoms with E-state index in [2.05, 4.69) is 20.5 Å². The van der Waals surface area contributed by atoms with Gasteiger partial charge in [0.25, 0.3) is 18.3 Å². The van der Waals surface area contributed by atoms with Crippen molar-refractivity contribution in [1.82, 2.24) is 34.8 Å². The standard InChI is InChI=1S/C35H38ClF4N9O3/c1-33(2,3)17-34(22-7-4-19(5-8-22)21-14-43-47(15-21)23-9-10-23)30(50)48(31(41)46-34)26(16-52-32(51)45-27-13-35(27,39)40)20-6-11-24(36)25(12-20)49-29(28(37)38)42-18-44-49/h4-7,11-12,14-15,18,22-23,26-28H,8-10,13,16-17H2,1-3H3,(H2,41,46)(H,45,51)/t22?,26-,27?,34-/m1/s1. The normalized spacial score (nSPS) is 24.6. The van der Waals surface area contributed by atoms with Crippen molar-refractivity contribution in [1.29, 1.82) is 0 Å². The SMILES string of the molecule is CC(C)(C)C[C@]1(C2C=CC(c3cnn(C4CC4)c3)=CC2)N=C(N)N([C@H](COC(=O)NC2CC2(F)F)c2ccc(Cl)c(-n3ncnc3C(F)F)c2)C1=O. The number of benzene rings is 1. The van der Waals surface area contributed by atoms with Gasteiger partial charge in [-0.2, -0.15) is 10.2 Å². The maximum absolute atomic E-state index is 15.0. The van der Waals surface area contributed by atoms with Gasteiger partial charge in [0, 0.05) is 24.1 Å². The summed E-state index contributed by atoms with van der Waals surface area (Å²) in [5.41, 5.74) is 7.05. The Hall–Kier alpha value is -4.73. The molecule has 4 aliphatic rings. The van der Waals surface area contributed by atoms with Crippen LogP contribution in [0.15, 0.2) is 60.1 Å². The molecule has 3 N–H and O–H groups in total. The van der Waals surface area contributed by atoms with Gasteiger partial charge in [-0.3, -0.25) is 14.4 Å². The number of aliphatic imine (C=N–C) groups is 1. The van der Waals surface area contributed by atoms with E-state index in [9.17, 15) is 27.2 Å². The molecule has 2 saturated carbocycles. The van der Waals surface area contributed by atoms with Crippen molar-refractivity contribution in [3.8, 4) is 5.69 Å². The molecule has 276 valence electrons. The Kier molecular flexibility index (Phi) is 8.94. The third kappa shape index (κ3) is 6.92. The average Bonchev–Trinajstić information content (AvgIpc) is 3.81. The summed E-state index contributed by atoms with van der Waals surface area (Å²) < 4.78 is 63.1. The molecular weight excluding hydrogens is 706 g/mol. The van der Waals surface area contributed by atoms with Gasteiger partial charge in [0.15, 0.2) is 17.3 Å². The molecule has 3 aromatic rings. The summed E-state index contributed by atoms with van der Waals surface area (Å²) in [7, 11) is 0. The number of nitrogens with zero attached hydrogens (tertiary/aromatic N) is 7. The second-order valence-electron chi connectivity index (χ2n) is 14.9. The third-order valence-electron chi connectivity index (χ3n) is 9.67. The largest absolute Gasteiger partial charge is 0.447 e. The van der Waals surface area contributed by atoms with Crippen LogP contribution in [0.3, 0.4) is 0 Å².